The number of hydrogen-bond acceptors (Lipinski definition) is 4. The molecule has 1 saturated carbocycles. The summed E-state index contributed by atoms with van der Waals surface area (Å²) in [6.45, 7) is 10.0. The molecule has 0 heterocycles. The minimum absolute atomic E-state index is 0.264. The third-order valence-electron chi connectivity index (χ3n) is 3.70. The van der Waals surface area contributed by atoms with Crippen molar-refractivity contribution in [3.63, 3.8) is 0 Å². The fraction of sp³-hybridized carbons (Fsp3) is 0.933. The van der Waals surface area contributed by atoms with Crippen LogP contribution in [0.1, 0.15) is 60.3 Å². The van der Waals surface area contributed by atoms with Crippen LogP contribution in [0.4, 0.5) is 0 Å². The van der Waals surface area contributed by atoms with Gasteiger partial charge in [0, 0.05) is 6.54 Å². The Bertz CT molecular complexity index is 301. The smallest absolute Gasteiger partial charge is 0.323 e. The first-order valence-corrected chi connectivity index (χ1v) is 7.30. The van der Waals surface area contributed by atoms with Crippen LogP contribution in [0.5, 0.6) is 0 Å². The van der Waals surface area contributed by atoms with E-state index in [1.165, 1.54) is 0 Å². The summed E-state index contributed by atoms with van der Waals surface area (Å²) in [5.74, 6) is 0.434. The van der Waals surface area contributed by atoms with Crippen LogP contribution in [-0.4, -0.2) is 34.9 Å². The third kappa shape index (κ3) is 5.91. The molecule has 19 heavy (non-hydrogen) atoms. The van der Waals surface area contributed by atoms with E-state index >= 15 is 0 Å². The van der Waals surface area contributed by atoms with Gasteiger partial charge in [-0.3, -0.25) is 4.79 Å². The van der Waals surface area contributed by atoms with Crippen molar-refractivity contribution in [2.75, 3.05) is 6.54 Å². The molecule has 4 nitrogen and oxygen atoms in total. The van der Waals surface area contributed by atoms with Gasteiger partial charge in [0.15, 0.2) is 0 Å². The van der Waals surface area contributed by atoms with E-state index in [4.69, 9.17) is 4.74 Å². The normalized spacial score (nSPS) is 29.9. The largest absolute Gasteiger partial charge is 0.459 e. The van der Waals surface area contributed by atoms with Gasteiger partial charge < -0.3 is 15.2 Å². The number of esters is 1. The molecule has 1 aliphatic rings. The van der Waals surface area contributed by atoms with Crippen LogP contribution >= 0.6 is 0 Å². The van der Waals surface area contributed by atoms with Gasteiger partial charge >= 0.3 is 5.97 Å². The molecule has 0 spiro atoms. The lowest BCUT2D eigenvalue weighted by atomic mass is 9.79. The van der Waals surface area contributed by atoms with Gasteiger partial charge in [-0.15, -0.1) is 0 Å². The molecule has 0 radical (unpaired) electrons. The minimum atomic E-state index is -0.664. The van der Waals surface area contributed by atoms with Crippen LogP contribution in [-0.2, 0) is 9.53 Å². The Labute approximate surface area is 116 Å². The van der Waals surface area contributed by atoms with E-state index in [1.54, 1.807) is 6.92 Å². The van der Waals surface area contributed by atoms with E-state index in [9.17, 15) is 9.90 Å². The first-order chi connectivity index (χ1) is 8.61. The second-order valence-electron chi connectivity index (χ2n) is 7.04. The Hall–Kier alpha value is -0.610. The van der Waals surface area contributed by atoms with Gasteiger partial charge in [-0.1, -0.05) is 6.92 Å². The predicted octanol–water partition coefficient (Wildman–Crippen LogP) is 2.25. The molecule has 0 aromatic heterocycles. The molecule has 0 aliphatic heterocycles. The fourth-order valence-electron chi connectivity index (χ4n) is 2.29. The standard InChI is InChI=1S/C15H29NO3/c1-11-6-8-15(18,9-7-11)10-16-12(2)13(17)19-14(3,4)5/h11-12,16,18H,6-10H2,1-5H3. The van der Waals surface area contributed by atoms with Crippen molar-refractivity contribution in [1.82, 2.24) is 5.32 Å². The average molecular weight is 271 g/mol. The molecule has 1 unspecified atom stereocenters. The summed E-state index contributed by atoms with van der Waals surface area (Å²) in [6, 6.07) is -0.386. The van der Waals surface area contributed by atoms with Crippen molar-refractivity contribution in [1.29, 1.82) is 0 Å². The van der Waals surface area contributed by atoms with Crippen molar-refractivity contribution in [2.45, 2.75) is 77.5 Å². The first-order valence-electron chi connectivity index (χ1n) is 7.30. The second kappa shape index (κ2) is 6.23. The summed E-state index contributed by atoms with van der Waals surface area (Å²) in [6.07, 6.45) is 3.72. The zero-order valence-electron chi connectivity index (χ0n) is 13.0. The van der Waals surface area contributed by atoms with E-state index in [1.807, 2.05) is 20.8 Å². The molecule has 0 amide bonds. The Morgan fingerprint density at radius 3 is 2.42 bits per heavy atom. The molecule has 0 aromatic rings. The average Bonchev–Trinajstić information content (AvgIpc) is 2.28. The van der Waals surface area contributed by atoms with Gasteiger partial charge in [-0.25, -0.2) is 0 Å². The number of ether oxygens (including phenoxy) is 1. The number of rotatable bonds is 4. The van der Waals surface area contributed by atoms with E-state index in [0.29, 0.717) is 12.5 Å². The highest BCUT2D eigenvalue weighted by Crippen LogP contribution is 2.31. The molecular weight excluding hydrogens is 242 g/mol. The molecular formula is C15H29NO3. The number of hydrogen-bond donors (Lipinski definition) is 2. The van der Waals surface area contributed by atoms with E-state index in [2.05, 4.69) is 12.2 Å². The maximum Gasteiger partial charge on any atom is 0.323 e. The molecule has 1 atom stereocenters. The predicted molar refractivity (Wildman–Crippen MR) is 75.9 cm³/mol. The molecule has 0 bridgehead atoms. The lowest BCUT2D eigenvalue weighted by molar-refractivity contribution is -0.157. The van der Waals surface area contributed by atoms with Crippen LogP contribution in [0.2, 0.25) is 0 Å². The number of nitrogens with one attached hydrogen (secondary N) is 1. The second-order valence-corrected chi connectivity index (χ2v) is 7.04. The highest BCUT2D eigenvalue weighted by molar-refractivity contribution is 5.75. The lowest BCUT2D eigenvalue weighted by Gasteiger charge is -2.35. The summed E-state index contributed by atoms with van der Waals surface area (Å²) < 4.78 is 5.31. The molecule has 0 aromatic carbocycles. The van der Waals surface area contributed by atoms with Crippen LogP contribution < -0.4 is 5.32 Å². The molecule has 1 fully saturated rings. The number of carbonyl (C=O) groups excluding carboxylic acids is 1. The lowest BCUT2D eigenvalue weighted by Crippen LogP contribution is -2.48. The van der Waals surface area contributed by atoms with Crippen molar-refractivity contribution in [3.8, 4) is 0 Å². The van der Waals surface area contributed by atoms with Crippen molar-refractivity contribution in [2.24, 2.45) is 5.92 Å². The van der Waals surface area contributed by atoms with Crippen molar-refractivity contribution in [3.05, 3.63) is 0 Å². The SMILES string of the molecule is CC1CCC(O)(CNC(C)C(=O)OC(C)(C)C)CC1. The minimum Gasteiger partial charge on any atom is -0.459 e. The Balaban J connectivity index is 2.37. The van der Waals surface area contributed by atoms with Crippen molar-refractivity contribution >= 4 is 5.97 Å². The van der Waals surface area contributed by atoms with Gasteiger partial charge in [-0.05, 0) is 59.3 Å². The van der Waals surface area contributed by atoms with Gasteiger partial charge in [0.2, 0.25) is 0 Å². The molecule has 2 N–H and O–H groups in total. The monoisotopic (exact) mass is 271 g/mol. The highest BCUT2D eigenvalue weighted by Gasteiger charge is 2.32. The van der Waals surface area contributed by atoms with E-state index < -0.39 is 11.2 Å². The van der Waals surface area contributed by atoms with Gasteiger partial charge in [0.05, 0.1) is 5.60 Å². The highest BCUT2D eigenvalue weighted by atomic mass is 16.6. The molecule has 0 saturated heterocycles. The first kappa shape index (κ1) is 16.4. The zero-order valence-corrected chi connectivity index (χ0v) is 13.0. The molecule has 4 heteroatoms. The Kier molecular flexibility index (Phi) is 5.39. The molecule has 1 rings (SSSR count). The number of carbonyl (C=O) groups is 1. The Morgan fingerprint density at radius 2 is 1.95 bits per heavy atom. The summed E-state index contributed by atoms with van der Waals surface area (Å²) in [5, 5.41) is 13.5. The quantitative estimate of drug-likeness (QED) is 0.770. The van der Waals surface area contributed by atoms with Gasteiger partial charge in [0.25, 0.3) is 0 Å². The maximum absolute atomic E-state index is 11.8. The van der Waals surface area contributed by atoms with Crippen molar-refractivity contribution < 1.29 is 14.6 Å². The molecule has 1 aliphatic carbocycles. The Morgan fingerprint density at radius 1 is 1.42 bits per heavy atom. The zero-order chi connectivity index (χ0) is 14.7. The number of aliphatic hydroxyl groups is 1. The van der Waals surface area contributed by atoms with Crippen LogP contribution in [0.3, 0.4) is 0 Å². The maximum atomic E-state index is 11.8. The summed E-state index contributed by atoms with van der Waals surface area (Å²) in [4.78, 5) is 11.8. The summed E-state index contributed by atoms with van der Waals surface area (Å²) >= 11 is 0. The fourth-order valence-corrected chi connectivity index (χ4v) is 2.29. The van der Waals surface area contributed by atoms with Crippen LogP contribution in [0, 0.1) is 5.92 Å². The third-order valence-corrected chi connectivity index (χ3v) is 3.70. The van der Waals surface area contributed by atoms with E-state index in [0.717, 1.165) is 25.7 Å². The van der Waals surface area contributed by atoms with Crippen LogP contribution in [0.15, 0.2) is 0 Å². The topological polar surface area (TPSA) is 58.6 Å². The summed E-state index contributed by atoms with van der Waals surface area (Å²) in [7, 11) is 0. The van der Waals surface area contributed by atoms with E-state index in [-0.39, 0.29) is 12.0 Å². The van der Waals surface area contributed by atoms with Gasteiger partial charge in [0.1, 0.15) is 11.6 Å². The van der Waals surface area contributed by atoms with Gasteiger partial charge in [-0.2, -0.15) is 0 Å². The van der Waals surface area contributed by atoms with Crippen LogP contribution in [0.25, 0.3) is 0 Å². The molecule has 112 valence electrons. The summed E-state index contributed by atoms with van der Waals surface area (Å²) in [5.41, 5.74) is -1.13.